The van der Waals surface area contributed by atoms with E-state index in [1.807, 2.05) is 6.20 Å². The Morgan fingerprint density at radius 2 is 2.07 bits per heavy atom. The molecule has 0 saturated heterocycles. The topological polar surface area (TPSA) is 55.0 Å². The van der Waals surface area contributed by atoms with Crippen molar-refractivity contribution >= 4 is 5.82 Å². The Balaban J connectivity index is 2.07. The van der Waals surface area contributed by atoms with Gasteiger partial charge in [0.15, 0.2) is 0 Å². The summed E-state index contributed by atoms with van der Waals surface area (Å²) in [7, 11) is 2.10. The van der Waals surface area contributed by atoms with Gasteiger partial charge >= 0.3 is 0 Å². The van der Waals surface area contributed by atoms with Crippen molar-refractivity contribution in [2.24, 2.45) is 5.73 Å². The zero-order valence-electron chi connectivity index (χ0n) is 9.19. The molecule has 2 N–H and O–H groups in total. The molecule has 0 atom stereocenters. The number of nitrogens with two attached hydrogens (primary N) is 1. The first-order chi connectivity index (χ1) is 7.31. The molecule has 82 valence electrons. The van der Waals surface area contributed by atoms with Gasteiger partial charge in [-0.1, -0.05) is 12.8 Å². The van der Waals surface area contributed by atoms with E-state index < -0.39 is 0 Å². The number of hydrogen-bond acceptors (Lipinski definition) is 4. The van der Waals surface area contributed by atoms with Crippen molar-refractivity contribution in [3.8, 4) is 0 Å². The number of hydrogen-bond donors (Lipinski definition) is 1. The van der Waals surface area contributed by atoms with Crippen LogP contribution in [0.25, 0.3) is 0 Å². The van der Waals surface area contributed by atoms with Crippen LogP contribution >= 0.6 is 0 Å². The predicted octanol–water partition coefficient (Wildman–Crippen LogP) is 1.31. The second-order valence-electron chi connectivity index (χ2n) is 4.12. The van der Waals surface area contributed by atoms with Crippen LogP contribution in [0.15, 0.2) is 12.4 Å². The van der Waals surface area contributed by atoms with Crippen LogP contribution in [0.5, 0.6) is 0 Å². The van der Waals surface area contributed by atoms with Crippen LogP contribution in [-0.2, 0) is 6.54 Å². The largest absolute Gasteiger partial charge is 0.355 e. The van der Waals surface area contributed by atoms with Crippen molar-refractivity contribution in [3.05, 3.63) is 18.1 Å². The van der Waals surface area contributed by atoms with Gasteiger partial charge in [0.1, 0.15) is 5.82 Å². The molecule has 0 radical (unpaired) electrons. The highest BCUT2D eigenvalue weighted by Gasteiger charge is 2.20. The van der Waals surface area contributed by atoms with Gasteiger partial charge in [-0.2, -0.15) is 0 Å². The molecule has 1 saturated carbocycles. The molecule has 4 heteroatoms. The molecule has 0 bridgehead atoms. The van der Waals surface area contributed by atoms with E-state index in [0.29, 0.717) is 12.6 Å². The molecule has 0 amide bonds. The summed E-state index contributed by atoms with van der Waals surface area (Å²) in [5.41, 5.74) is 6.33. The molecule has 1 heterocycles. The molecular weight excluding hydrogens is 188 g/mol. The Morgan fingerprint density at radius 3 is 2.60 bits per heavy atom. The third-order valence-electron chi connectivity index (χ3n) is 3.13. The van der Waals surface area contributed by atoms with Crippen molar-refractivity contribution in [2.75, 3.05) is 11.9 Å². The molecule has 1 aliphatic carbocycles. The van der Waals surface area contributed by atoms with Crippen LogP contribution in [0, 0.1) is 0 Å². The summed E-state index contributed by atoms with van der Waals surface area (Å²) in [5, 5.41) is 0. The Bertz CT molecular complexity index is 303. The molecule has 4 nitrogen and oxygen atoms in total. The highest BCUT2D eigenvalue weighted by Crippen LogP contribution is 2.25. The van der Waals surface area contributed by atoms with Crippen molar-refractivity contribution < 1.29 is 0 Å². The standard InChI is InChI=1S/C11H18N4/c1-15(10-4-2-3-5-10)11-8-13-9(6-12)7-14-11/h7-8,10H,2-6,12H2,1H3. The fraction of sp³-hybridized carbons (Fsp3) is 0.636. The van der Waals surface area contributed by atoms with Crippen LogP contribution < -0.4 is 10.6 Å². The van der Waals surface area contributed by atoms with Crippen LogP contribution in [0.1, 0.15) is 31.4 Å². The van der Waals surface area contributed by atoms with Crippen LogP contribution in [0.4, 0.5) is 5.82 Å². The molecule has 1 fully saturated rings. The maximum absolute atomic E-state index is 5.48. The smallest absolute Gasteiger partial charge is 0.147 e. The minimum atomic E-state index is 0.459. The maximum Gasteiger partial charge on any atom is 0.147 e. The minimum Gasteiger partial charge on any atom is -0.355 e. The Kier molecular flexibility index (Phi) is 3.16. The van der Waals surface area contributed by atoms with E-state index in [9.17, 15) is 0 Å². The molecule has 0 unspecified atom stereocenters. The predicted molar refractivity (Wildman–Crippen MR) is 60.6 cm³/mol. The molecule has 0 aromatic carbocycles. The molecular formula is C11H18N4. The minimum absolute atomic E-state index is 0.459. The van der Waals surface area contributed by atoms with Gasteiger partial charge < -0.3 is 10.6 Å². The van der Waals surface area contributed by atoms with E-state index in [0.717, 1.165) is 11.5 Å². The highest BCUT2D eigenvalue weighted by molar-refractivity contribution is 5.36. The van der Waals surface area contributed by atoms with E-state index in [-0.39, 0.29) is 0 Å². The third-order valence-corrected chi connectivity index (χ3v) is 3.13. The average molecular weight is 206 g/mol. The molecule has 1 aliphatic rings. The van der Waals surface area contributed by atoms with Gasteiger partial charge in [-0.3, -0.25) is 4.98 Å². The summed E-state index contributed by atoms with van der Waals surface area (Å²) in [6.07, 6.45) is 8.81. The average Bonchev–Trinajstić information content (AvgIpc) is 2.82. The van der Waals surface area contributed by atoms with Gasteiger partial charge in [-0.25, -0.2) is 4.98 Å². The fourth-order valence-corrected chi connectivity index (χ4v) is 2.11. The quantitative estimate of drug-likeness (QED) is 0.810. The lowest BCUT2D eigenvalue weighted by atomic mass is 10.2. The Labute approximate surface area is 90.5 Å². The Morgan fingerprint density at radius 1 is 1.33 bits per heavy atom. The zero-order chi connectivity index (χ0) is 10.7. The van der Waals surface area contributed by atoms with Gasteiger partial charge in [0.25, 0.3) is 0 Å². The molecule has 1 aromatic rings. The second-order valence-corrected chi connectivity index (χ2v) is 4.12. The monoisotopic (exact) mass is 206 g/mol. The lowest BCUT2D eigenvalue weighted by Gasteiger charge is -2.24. The molecule has 15 heavy (non-hydrogen) atoms. The van der Waals surface area contributed by atoms with Crippen LogP contribution in [0.2, 0.25) is 0 Å². The summed E-state index contributed by atoms with van der Waals surface area (Å²) in [4.78, 5) is 10.9. The molecule has 0 spiro atoms. The highest BCUT2D eigenvalue weighted by atomic mass is 15.2. The first-order valence-corrected chi connectivity index (χ1v) is 5.55. The van der Waals surface area contributed by atoms with Gasteiger partial charge in [0, 0.05) is 19.6 Å². The van der Waals surface area contributed by atoms with Gasteiger partial charge in [-0.05, 0) is 12.8 Å². The van der Waals surface area contributed by atoms with E-state index >= 15 is 0 Å². The summed E-state index contributed by atoms with van der Waals surface area (Å²) in [6.45, 7) is 0.459. The lowest BCUT2D eigenvalue weighted by Crippen LogP contribution is -2.29. The van der Waals surface area contributed by atoms with E-state index in [1.165, 1.54) is 25.7 Å². The second kappa shape index (κ2) is 4.57. The SMILES string of the molecule is CN(c1cnc(CN)cn1)C1CCCC1. The number of anilines is 1. The van der Waals surface area contributed by atoms with Crippen molar-refractivity contribution in [1.82, 2.24) is 9.97 Å². The van der Waals surface area contributed by atoms with E-state index in [4.69, 9.17) is 5.73 Å². The van der Waals surface area contributed by atoms with Gasteiger partial charge in [0.05, 0.1) is 18.1 Å². The first-order valence-electron chi connectivity index (χ1n) is 5.55. The van der Waals surface area contributed by atoms with Crippen LogP contribution in [0.3, 0.4) is 0 Å². The van der Waals surface area contributed by atoms with E-state index in [1.54, 1.807) is 6.20 Å². The molecule has 1 aromatic heterocycles. The lowest BCUT2D eigenvalue weighted by molar-refractivity contribution is 0.644. The summed E-state index contributed by atoms with van der Waals surface area (Å²) in [5.74, 6) is 0.958. The van der Waals surface area contributed by atoms with Crippen molar-refractivity contribution in [1.29, 1.82) is 0 Å². The number of rotatable bonds is 3. The molecule has 2 rings (SSSR count). The zero-order valence-corrected chi connectivity index (χ0v) is 9.19. The normalized spacial score (nSPS) is 16.9. The first kappa shape index (κ1) is 10.4. The number of aromatic nitrogens is 2. The van der Waals surface area contributed by atoms with E-state index in [2.05, 4.69) is 21.9 Å². The fourth-order valence-electron chi connectivity index (χ4n) is 2.11. The van der Waals surface area contributed by atoms with Gasteiger partial charge in [-0.15, -0.1) is 0 Å². The van der Waals surface area contributed by atoms with Gasteiger partial charge in [0.2, 0.25) is 0 Å². The van der Waals surface area contributed by atoms with Crippen molar-refractivity contribution in [3.63, 3.8) is 0 Å². The third kappa shape index (κ3) is 2.26. The maximum atomic E-state index is 5.48. The van der Waals surface area contributed by atoms with Crippen molar-refractivity contribution in [2.45, 2.75) is 38.3 Å². The van der Waals surface area contributed by atoms with Crippen LogP contribution in [-0.4, -0.2) is 23.1 Å². The summed E-state index contributed by atoms with van der Waals surface area (Å²) >= 11 is 0. The summed E-state index contributed by atoms with van der Waals surface area (Å²) < 4.78 is 0. The summed E-state index contributed by atoms with van der Waals surface area (Å²) in [6, 6.07) is 0.642. The number of nitrogens with zero attached hydrogens (tertiary/aromatic N) is 3. The molecule has 0 aliphatic heterocycles. The Hall–Kier alpha value is -1.16.